The zero-order valence-corrected chi connectivity index (χ0v) is 15.7. The highest BCUT2D eigenvalue weighted by Gasteiger charge is 2.22. The Balaban J connectivity index is 1.28. The van der Waals surface area contributed by atoms with Crippen LogP contribution in [0.3, 0.4) is 0 Å². The molecule has 0 saturated carbocycles. The Bertz CT molecular complexity index is 782. The number of likely N-dealkylation sites (tertiary alicyclic amines) is 1. The second-order valence-corrected chi connectivity index (χ2v) is 7.80. The lowest BCUT2D eigenvalue weighted by atomic mass is 9.89. The number of amides is 1. The van der Waals surface area contributed by atoms with Gasteiger partial charge < -0.3 is 15.3 Å². The number of carbonyl (C=O) groups excluding carboxylic acids is 1. The first kappa shape index (κ1) is 18.2. The van der Waals surface area contributed by atoms with Crippen LogP contribution < -0.4 is 5.32 Å². The molecule has 0 bridgehead atoms. The van der Waals surface area contributed by atoms with Crippen LogP contribution >= 0.6 is 0 Å². The molecule has 27 heavy (non-hydrogen) atoms. The van der Waals surface area contributed by atoms with Gasteiger partial charge in [-0.05, 0) is 67.4 Å². The minimum Gasteiger partial charge on any atom is -0.388 e. The predicted octanol–water partition coefficient (Wildman–Crippen LogP) is 3.87. The Hall–Kier alpha value is -2.17. The Labute approximate surface area is 161 Å². The van der Waals surface area contributed by atoms with Crippen LogP contribution in [-0.4, -0.2) is 35.5 Å². The molecule has 2 aromatic carbocycles. The molecule has 1 unspecified atom stereocenters. The highest BCUT2D eigenvalue weighted by atomic mass is 16.3. The number of aryl methyl sites for hydroxylation is 1. The zero-order chi connectivity index (χ0) is 18.6. The third kappa shape index (κ3) is 4.40. The summed E-state index contributed by atoms with van der Waals surface area (Å²) in [6.45, 7) is 3.09. The highest BCUT2D eigenvalue weighted by molar-refractivity contribution is 5.94. The summed E-state index contributed by atoms with van der Waals surface area (Å²) in [7, 11) is 0. The van der Waals surface area contributed by atoms with E-state index in [0.717, 1.165) is 49.3 Å². The maximum absolute atomic E-state index is 11.6. The second kappa shape index (κ2) is 8.24. The number of fused-ring (bicyclic) bond motifs is 1. The highest BCUT2D eigenvalue weighted by Crippen LogP contribution is 2.30. The van der Waals surface area contributed by atoms with E-state index < -0.39 is 6.10 Å². The molecular weight excluding hydrogens is 336 g/mol. The van der Waals surface area contributed by atoms with Crippen molar-refractivity contribution in [3.8, 4) is 0 Å². The largest absolute Gasteiger partial charge is 0.388 e. The third-order valence-electron chi connectivity index (χ3n) is 5.99. The van der Waals surface area contributed by atoms with Gasteiger partial charge in [0.25, 0.3) is 0 Å². The fourth-order valence-corrected chi connectivity index (χ4v) is 4.28. The second-order valence-electron chi connectivity index (χ2n) is 7.80. The van der Waals surface area contributed by atoms with Crippen molar-refractivity contribution in [1.29, 1.82) is 0 Å². The molecule has 4 nitrogen and oxygen atoms in total. The summed E-state index contributed by atoms with van der Waals surface area (Å²) >= 11 is 0. The molecule has 1 saturated heterocycles. The summed E-state index contributed by atoms with van der Waals surface area (Å²) in [5, 5.41) is 13.5. The lowest BCUT2D eigenvalue weighted by Crippen LogP contribution is -2.34. The van der Waals surface area contributed by atoms with Gasteiger partial charge in [0.1, 0.15) is 0 Å². The van der Waals surface area contributed by atoms with Gasteiger partial charge in [0.05, 0.1) is 6.10 Å². The van der Waals surface area contributed by atoms with E-state index in [-0.39, 0.29) is 5.91 Å². The first-order chi connectivity index (χ1) is 13.2. The van der Waals surface area contributed by atoms with Gasteiger partial charge in [-0.3, -0.25) is 4.79 Å². The number of nitrogens with zero attached hydrogens (tertiary/aromatic N) is 1. The van der Waals surface area contributed by atoms with Gasteiger partial charge in [-0.25, -0.2) is 0 Å². The van der Waals surface area contributed by atoms with E-state index in [1.807, 2.05) is 18.2 Å². The van der Waals surface area contributed by atoms with Crippen molar-refractivity contribution >= 4 is 11.6 Å². The van der Waals surface area contributed by atoms with Gasteiger partial charge in [-0.1, -0.05) is 42.5 Å². The fourth-order valence-electron chi connectivity index (χ4n) is 4.28. The lowest BCUT2D eigenvalue weighted by molar-refractivity contribution is -0.116. The first-order valence-electron chi connectivity index (χ1n) is 10.1. The molecule has 1 fully saturated rings. The maximum Gasteiger partial charge on any atom is 0.224 e. The summed E-state index contributed by atoms with van der Waals surface area (Å²) in [6, 6.07) is 16.8. The van der Waals surface area contributed by atoms with Crippen molar-refractivity contribution in [3.63, 3.8) is 0 Å². The summed E-state index contributed by atoms with van der Waals surface area (Å²) in [4.78, 5) is 14.0. The number of aliphatic hydroxyl groups is 1. The van der Waals surface area contributed by atoms with Gasteiger partial charge in [-0.15, -0.1) is 0 Å². The van der Waals surface area contributed by atoms with Crippen molar-refractivity contribution in [2.45, 2.75) is 44.1 Å². The molecule has 2 heterocycles. The van der Waals surface area contributed by atoms with Gasteiger partial charge in [0, 0.05) is 18.7 Å². The molecule has 0 aromatic heterocycles. The normalized spacial score (nSPS) is 19.4. The van der Waals surface area contributed by atoms with Gasteiger partial charge >= 0.3 is 0 Å². The number of nitrogens with one attached hydrogen (secondary N) is 1. The minimum absolute atomic E-state index is 0.0652. The van der Waals surface area contributed by atoms with Crippen molar-refractivity contribution in [2.75, 3.05) is 25.0 Å². The Kier molecular flexibility index (Phi) is 5.55. The standard InChI is InChI=1S/C23H28N2O2/c26-22(20-7-6-19-8-9-23(27)24-21(19)16-20)12-15-25-13-10-18(11-14-25)17-4-2-1-3-5-17/h1-7,16,18,22,26H,8-15H2,(H,24,27). The Morgan fingerprint density at radius 1 is 1.07 bits per heavy atom. The Morgan fingerprint density at radius 3 is 2.63 bits per heavy atom. The number of piperidine rings is 1. The van der Waals surface area contributed by atoms with E-state index in [2.05, 4.69) is 40.5 Å². The first-order valence-corrected chi connectivity index (χ1v) is 10.1. The van der Waals surface area contributed by atoms with Crippen LogP contribution in [0.15, 0.2) is 48.5 Å². The fraction of sp³-hybridized carbons (Fsp3) is 0.435. The van der Waals surface area contributed by atoms with Crippen LogP contribution in [0.1, 0.15) is 54.4 Å². The number of aliphatic hydroxyl groups excluding tert-OH is 1. The van der Waals surface area contributed by atoms with Crippen molar-refractivity contribution in [1.82, 2.24) is 4.90 Å². The van der Waals surface area contributed by atoms with E-state index in [1.54, 1.807) is 0 Å². The molecule has 1 atom stereocenters. The van der Waals surface area contributed by atoms with Crippen molar-refractivity contribution in [3.05, 3.63) is 65.2 Å². The summed E-state index contributed by atoms with van der Waals surface area (Å²) in [5.41, 5.74) is 4.38. The number of hydrogen-bond donors (Lipinski definition) is 2. The maximum atomic E-state index is 11.6. The summed E-state index contributed by atoms with van der Waals surface area (Å²) in [5.74, 6) is 0.729. The predicted molar refractivity (Wildman–Crippen MR) is 108 cm³/mol. The molecule has 2 aliphatic heterocycles. The molecule has 2 aromatic rings. The molecule has 2 aliphatic rings. The average Bonchev–Trinajstić information content (AvgIpc) is 2.72. The monoisotopic (exact) mass is 364 g/mol. The van der Waals surface area contributed by atoms with Crippen LogP contribution in [0, 0.1) is 0 Å². The number of hydrogen-bond acceptors (Lipinski definition) is 3. The van der Waals surface area contributed by atoms with Crippen LogP contribution in [0.2, 0.25) is 0 Å². The van der Waals surface area contributed by atoms with Crippen LogP contribution in [-0.2, 0) is 11.2 Å². The smallest absolute Gasteiger partial charge is 0.224 e. The van der Waals surface area contributed by atoms with E-state index in [0.29, 0.717) is 12.3 Å². The molecule has 0 spiro atoms. The van der Waals surface area contributed by atoms with Gasteiger partial charge in [0.2, 0.25) is 5.91 Å². The Morgan fingerprint density at radius 2 is 1.85 bits per heavy atom. The van der Waals surface area contributed by atoms with Crippen molar-refractivity contribution in [2.24, 2.45) is 0 Å². The van der Waals surface area contributed by atoms with Gasteiger partial charge in [0.15, 0.2) is 0 Å². The molecule has 2 N–H and O–H groups in total. The molecule has 0 radical (unpaired) electrons. The minimum atomic E-state index is -0.485. The molecular formula is C23H28N2O2. The quantitative estimate of drug-likeness (QED) is 0.847. The molecule has 142 valence electrons. The van der Waals surface area contributed by atoms with Crippen molar-refractivity contribution < 1.29 is 9.90 Å². The number of carbonyl (C=O) groups is 1. The van der Waals surface area contributed by atoms with Crippen LogP contribution in [0.25, 0.3) is 0 Å². The molecule has 0 aliphatic carbocycles. The molecule has 4 rings (SSSR count). The average molecular weight is 364 g/mol. The van der Waals surface area contributed by atoms with Crippen LogP contribution in [0.5, 0.6) is 0 Å². The summed E-state index contributed by atoms with van der Waals surface area (Å²) < 4.78 is 0. The zero-order valence-electron chi connectivity index (χ0n) is 15.7. The SMILES string of the molecule is O=C1CCc2ccc(C(O)CCN3CCC(c4ccccc4)CC3)cc2N1. The third-order valence-corrected chi connectivity index (χ3v) is 5.99. The number of anilines is 1. The molecule has 4 heteroatoms. The van der Waals surface area contributed by atoms with E-state index in [9.17, 15) is 9.90 Å². The van der Waals surface area contributed by atoms with E-state index >= 15 is 0 Å². The lowest BCUT2D eigenvalue weighted by Gasteiger charge is -2.32. The van der Waals surface area contributed by atoms with E-state index in [1.165, 1.54) is 18.4 Å². The van der Waals surface area contributed by atoms with E-state index in [4.69, 9.17) is 0 Å². The summed E-state index contributed by atoms with van der Waals surface area (Å²) in [6.07, 6.45) is 3.95. The van der Waals surface area contributed by atoms with Crippen LogP contribution in [0.4, 0.5) is 5.69 Å². The number of benzene rings is 2. The number of rotatable bonds is 5. The topological polar surface area (TPSA) is 52.6 Å². The van der Waals surface area contributed by atoms with Gasteiger partial charge in [-0.2, -0.15) is 0 Å². The molecule has 1 amide bonds.